The molecule has 1 heterocycles. The van der Waals surface area contributed by atoms with Crippen molar-refractivity contribution in [3.05, 3.63) is 12.2 Å². The van der Waals surface area contributed by atoms with Crippen molar-refractivity contribution in [1.29, 1.82) is 0 Å². The Bertz CT molecular complexity index is 420. The highest BCUT2D eigenvalue weighted by molar-refractivity contribution is 4.98. The van der Waals surface area contributed by atoms with Gasteiger partial charge in [-0.15, -0.1) is 0 Å². The first kappa shape index (κ1) is 16.4. The van der Waals surface area contributed by atoms with Crippen LogP contribution in [-0.4, -0.2) is 38.3 Å². The highest BCUT2D eigenvalue weighted by atomic mass is 15.4. The smallest absolute Gasteiger partial charge is 0.141 e. The van der Waals surface area contributed by atoms with E-state index in [1.165, 1.54) is 25.7 Å². The van der Waals surface area contributed by atoms with Gasteiger partial charge in [-0.1, -0.05) is 33.6 Å². The Kier molecular flexibility index (Phi) is 5.76. The van der Waals surface area contributed by atoms with Crippen LogP contribution in [0.5, 0.6) is 0 Å². The zero-order valence-electron chi connectivity index (χ0n) is 13.9. The molecular formula is C16H31N5. The van der Waals surface area contributed by atoms with Crippen molar-refractivity contribution >= 4 is 0 Å². The van der Waals surface area contributed by atoms with Crippen LogP contribution in [0.2, 0.25) is 0 Å². The number of hydrogen-bond donors (Lipinski definition) is 1. The molecule has 0 radical (unpaired) electrons. The molecule has 1 fully saturated rings. The normalized spacial score (nSPS) is 18.0. The van der Waals surface area contributed by atoms with Gasteiger partial charge in [-0.05, 0) is 31.7 Å². The van der Waals surface area contributed by atoms with Crippen molar-refractivity contribution in [3.8, 4) is 0 Å². The van der Waals surface area contributed by atoms with E-state index in [1.807, 2.05) is 0 Å². The summed E-state index contributed by atoms with van der Waals surface area (Å²) in [6, 6.07) is 0. The molecule has 1 aliphatic rings. The molecule has 0 bridgehead atoms. The van der Waals surface area contributed by atoms with E-state index < -0.39 is 0 Å². The van der Waals surface area contributed by atoms with E-state index in [1.54, 1.807) is 6.33 Å². The Morgan fingerprint density at radius 1 is 1.38 bits per heavy atom. The molecule has 0 aliphatic heterocycles. The molecule has 0 atom stereocenters. The van der Waals surface area contributed by atoms with Crippen LogP contribution in [-0.2, 0) is 13.1 Å². The summed E-state index contributed by atoms with van der Waals surface area (Å²) in [6.07, 6.45) is 7.89. The average Bonchev–Trinajstić information content (AvgIpc) is 3.08. The zero-order valence-corrected chi connectivity index (χ0v) is 13.9. The van der Waals surface area contributed by atoms with Crippen LogP contribution < -0.4 is 5.73 Å². The molecule has 2 rings (SSSR count). The lowest BCUT2D eigenvalue weighted by atomic mass is 9.94. The second-order valence-electron chi connectivity index (χ2n) is 6.81. The summed E-state index contributed by atoms with van der Waals surface area (Å²) < 4.78 is 2.06. The van der Waals surface area contributed by atoms with Crippen molar-refractivity contribution in [2.24, 2.45) is 11.7 Å². The van der Waals surface area contributed by atoms with Crippen LogP contribution in [0.3, 0.4) is 0 Å². The fraction of sp³-hybridized carbons (Fsp3) is 0.875. The summed E-state index contributed by atoms with van der Waals surface area (Å²) in [7, 11) is 0. The van der Waals surface area contributed by atoms with Gasteiger partial charge < -0.3 is 5.73 Å². The van der Waals surface area contributed by atoms with Gasteiger partial charge in [0.25, 0.3) is 0 Å². The molecular weight excluding hydrogens is 262 g/mol. The molecule has 0 amide bonds. The Labute approximate surface area is 128 Å². The number of nitrogens with two attached hydrogens (primary N) is 1. The fourth-order valence-corrected chi connectivity index (χ4v) is 3.52. The van der Waals surface area contributed by atoms with Gasteiger partial charge in [0.05, 0.1) is 6.54 Å². The average molecular weight is 293 g/mol. The largest absolute Gasteiger partial charge is 0.329 e. The molecule has 21 heavy (non-hydrogen) atoms. The number of nitrogens with zero attached hydrogens (tertiary/aromatic N) is 4. The van der Waals surface area contributed by atoms with Gasteiger partial charge in [0.1, 0.15) is 12.2 Å². The lowest BCUT2D eigenvalue weighted by molar-refractivity contribution is 0.0854. The first-order valence-electron chi connectivity index (χ1n) is 8.43. The predicted molar refractivity (Wildman–Crippen MR) is 85.8 cm³/mol. The number of rotatable bonds is 8. The first-order chi connectivity index (χ1) is 10.1. The van der Waals surface area contributed by atoms with E-state index in [4.69, 9.17) is 5.73 Å². The summed E-state index contributed by atoms with van der Waals surface area (Å²) >= 11 is 0. The van der Waals surface area contributed by atoms with Crippen molar-refractivity contribution in [1.82, 2.24) is 19.7 Å². The molecule has 1 aliphatic carbocycles. The maximum absolute atomic E-state index is 6.16. The number of aromatic nitrogens is 3. The minimum absolute atomic E-state index is 0.185. The van der Waals surface area contributed by atoms with Gasteiger partial charge in [-0.2, -0.15) is 5.10 Å². The van der Waals surface area contributed by atoms with Crippen molar-refractivity contribution in [3.63, 3.8) is 0 Å². The lowest BCUT2D eigenvalue weighted by Crippen LogP contribution is -2.52. The Morgan fingerprint density at radius 2 is 2.10 bits per heavy atom. The maximum atomic E-state index is 6.16. The summed E-state index contributed by atoms with van der Waals surface area (Å²) in [6.45, 7) is 10.3. The van der Waals surface area contributed by atoms with Gasteiger partial charge in [-0.3, -0.25) is 4.90 Å². The molecule has 1 aromatic rings. The molecule has 1 saturated carbocycles. The summed E-state index contributed by atoms with van der Waals surface area (Å²) in [5, 5.41) is 4.39. The predicted octanol–water partition coefficient (Wildman–Crippen LogP) is 2.42. The van der Waals surface area contributed by atoms with Gasteiger partial charge in [0.15, 0.2) is 0 Å². The molecule has 5 heteroatoms. The topological polar surface area (TPSA) is 60.0 Å². The monoisotopic (exact) mass is 293 g/mol. The highest BCUT2D eigenvalue weighted by Crippen LogP contribution is 2.35. The fourth-order valence-electron chi connectivity index (χ4n) is 3.52. The molecule has 0 spiro atoms. The quantitative estimate of drug-likeness (QED) is 0.799. The van der Waals surface area contributed by atoms with E-state index in [-0.39, 0.29) is 5.54 Å². The summed E-state index contributed by atoms with van der Waals surface area (Å²) in [5.74, 6) is 1.66. The van der Waals surface area contributed by atoms with Crippen LogP contribution in [0.15, 0.2) is 6.33 Å². The van der Waals surface area contributed by atoms with Gasteiger partial charge in [-0.25, -0.2) is 9.67 Å². The van der Waals surface area contributed by atoms with E-state index in [0.29, 0.717) is 5.92 Å². The van der Waals surface area contributed by atoms with Crippen LogP contribution in [0.4, 0.5) is 0 Å². The van der Waals surface area contributed by atoms with Gasteiger partial charge in [0, 0.05) is 18.6 Å². The first-order valence-corrected chi connectivity index (χ1v) is 8.43. The Balaban J connectivity index is 2.14. The standard InChI is InChI=1S/C16H31N5/c1-4-9-20(16(12-17)7-5-6-8-16)11-15-18-13-19-21(15)10-14(2)3/h13-14H,4-12,17H2,1-3H3. The van der Waals surface area contributed by atoms with E-state index in [9.17, 15) is 0 Å². The Morgan fingerprint density at radius 3 is 2.67 bits per heavy atom. The van der Waals surface area contributed by atoms with Gasteiger partial charge in [0.2, 0.25) is 0 Å². The lowest BCUT2D eigenvalue weighted by Gasteiger charge is -2.40. The van der Waals surface area contributed by atoms with Crippen molar-refractivity contribution in [2.45, 2.75) is 71.5 Å². The zero-order chi connectivity index (χ0) is 15.3. The summed E-state index contributed by atoms with van der Waals surface area (Å²) in [5.41, 5.74) is 6.35. The second kappa shape index (κ2) is 7.36. The third-order valence-corrected chi connectivity index (χ3v) is 4.64. The molecule has 0 aromatic carbocycles. The maximum Gasteiger partial charge on any atom is 0.141 e. The molecule has 5 nitrogen and oxygen atoms in total. The van der Waals surface area contributed by atoms with Crippen molar-refractivity contribution in [2.75, 3.05) is 13.1 Å². The SMILES string of the molecule is CCCN(Cc1ncnn1CC(C)C)C1(CN)CCCC1. The minimum atomic E-state index is 0.185. The van der Waals surface area contributed by atoms with Gasteiger partial charge >= 0.3 is 0 Å². The highest BCUT2D eigenvalue weighted by Gasteiger charge is 2.38. The van der Waals surface area contributed by atoms with Crippen molar-refractivity contribution < 1.29 is 0 Å². The molecule has 120 valence electrons. The van der Waals surface area contributed by atoms with E-state index in [0.717, 1.165) is 38.4 Å². The molecule has 1 aromatic heterocycles. The van der Waals surface area contributed by atoms with Crippen LogP contribution >= 0.6 is 0 Å². The summed E-state index contributed by atoms with van der Waals surface area (Å²) in [4.78, 5) is 7.07. The Hall–Kier alpha value is -0.940. The number of hydrogen-bond acceptors (Lipinski definition) is 4. The third-order valence-electron chi connectivity index (χ3n) is 4.64. The minimum Gasteiger partial charge on any atom is -0.329 e. The molecule has 2 N–H and O–H groups in total. The second-order valence-corrected chi connectivity index (χ2v) is 6.81. The van der Waals surface area contributed by atoms with E-state index >= 15 is 0 Å². The third kappa shape index (κ3) is 3.83. The molecule has 0 unspecified atom stereocenters. The molecule has 0 saturated heterocycles. The van der Waals surface area contributed by atoms with Crippen LogP contribution in [0.25, 0.3) is 0 Å². The van der Waals surface area contributed by atoms with E-state index in [2.05, 4.69) is 40.4 Å². The van der Waals surface area contributed by atoms with Crippen LogP contribution in [0, 0.1) is 5.92 Å². The van der Waals surface area contributed by atoms with Crippen LogP contribution in [0.1, 0.15) is 58.7 Å².